The SMILES string of the molecule is O=C1N[C@]2(CCc3cc(Br)ccc32)C(=O)N1CC(=O)N(Cc1ccc(F)cc1)C1(C(F)(F)F)CC(F)(F)C1. The molecule has 1 heterocycles. The highest BCUT2D eigenvalue weighted by Gasteiger charge is 2.73. The van der Waals surface area contributed by atoms with E-state index in [2.05, 4.69) is 21.2 Å². The number of hydrogen-bond donors (Lipinski definition) is 1. The summed E-state index contributed by atoms with van der Waals surface area (Å²) in [5, 5.41) is 2.58. The number of halogens is 7. The van der Waals surface area contributed by atoms with E-state index >= 15 is 0 Å². The number of carbonyl (C=O) groups is 3. The third-order valence-electron chi connectivity index (χ3n) is 7.47. The molecule has 1 N–H and O–H groups in total. The summed E-state index contributed by atoms with van der Waals surface area (Å²) < 4.78 is 84.5. The van der Waals surface area contributed by atoms with Crippen molar-refractivity contribution in [1.29, 1.82) is 0 Å². The molecule has 0 radical (unpaired) electrons. The molecule has 6 nitrogen and oxygen atoms in total. The van der Waals surface area contributed by atoms with E-state index in [4.69, 9.17) is 0 Å². The van der Waals surface area contributed by atoms with Crippen molar-refractivity contribution in [3.05, 3.63) is 69.4 Å². The van der Waals surface area contributed by atoms with Gasteiger partial charge in [-0.3, -0.25) is 14.5 Å². The Balaban J connectivity index is 1.46. The van der Waals surface area contributed by atoms with E-state index in [9.17, 15) is 40.7 Å². The van der Waals surface area contributed by atoms with Crippen LogP contribution >= 0.6 is 15.9 Å². The molecule has 1 saturated carbocycles. The van der Waals surface area contributed by atoms with Crippen molar-refractivity contribution in [3.63, 3.8) is 0 Å². The molecule has 0 aromatic heterocycles. The second kappa shape index (κ2) is 8.72. The summed E-state index contributed by atoms with van der Waals surface area (Å²) in [5.74, 6) is -6.49. The molecule has 2 aliphatic carbocycles. The highest BCUT2D eigenvalue weighted by atomic mass is 79.9. The molecule has 1 spiro atoms. The predicted octanol–water partition coefficient (Wildman–Crippen LogP) is 5.04. The smallest absolute Gasteiger partial charge is 0.322 e. The Kier molecular flexibility index (Phi) is 6.08. The van der Waals surface area contributed by atoms with Crippen molar-refractivity contribution in [2.45, 2.75) is 55.4 Å². The van der Waals surface area contributed by atoms with Crippen LogP contribution in [0, 0.1) is 5.82 Å². The van der Waals surface area contributed by atoms with Gasteiger partial charge in [-0.15, -0.1) is 0 Å². The molecule has 2 fully saturated rings. The van der Waals surface area contributed by atoms with Crippen molar-refractivity contribution >= 4 is 33.8 Å². The van der Waals surface area contributed by atoms with Crippen LogP contribution in [0.2, 0.25) is 0 Å². The standard InChI is InChI=1S/C25H20BrF6N3O3/c26-16-3-6-18-15(9-16)7-8-24(18)20(37)34(21(38)33-24)11-19(36)35(10-14-1-4-17(27)5-2-14)22(25(30,31)32)12-23(28,29)13-22/h1-6,9H,7-8,10-13H2,(H,33,38)/t24-/m0/s1. The van der Waals surface area contributed by atoms with Gasteiger partial charge in [-0.1, -0.05) is 34.1 Å². The van der Waals surface area contributed by atoms with E-state index < -0.39 is 72.8 Å². The summed E-state index contributed by atoms with van der Waals surface area (Å²) in [6.07, 6.45) is -7.94. The third kappa shape index (κ3) is 4.15. The zero-order valence-corrected chi connectivity index (χ0v) is 21.1. The van der Waals surface area contributed by atoms with Gasteiger partial charge in [0, 0.05) is 23.9 Å². The van der Waals surface area contributed by atoms with Crippen molar-refractivity contribution < 1.29 is 40.7 Å². The maximum absolute atomic E-state index is 14.2. The zero-order valence-electron chi connectivity index (χ0n) is 19.5. The van der Waals surface area contributed by atoms with E-state index in [-0.39, 0.29) is 16.9 Å². The average Bonchev–Trinajstić information content (AvgIpc) is 3.28. The van der Waals surface area contributed by atoms with Gasteiger partial charge in [0.1, 0.15) is 23.4 Å². The highest BCUT2D eigenvalue weighted by Crippen LogP contribution is 2.57. The quantitative estimate of drug-likeness (QED) is 0.384. The van der Waals surface area contributed by atoms with Gasteiger partial charge in [0.15, 0.2) is 0 Å². The molecule has 0 unspecified atom stereocenters. The number of rotatable bonds is 5. The average molecular weight is 604 g/mol. The van der Waals surface area contributed by atoms with Gasteiger partial charge in [-0.25, -0.2) is 18.0 Å². The number of benzene rings is 2. The number of urea groups is 1. The second-order valence-corrected chi connectivity index (χ2v) is 10.8. The van der Waals surface area contributed by atoms with Crippen molar-refractivity contribution in [2.75, 3.05) is 6.54 Å². The number of hydrogen-bond acceptors (Lipinski definition) is 3. The number of fused-ring (bicyclic) bond motifs is 2. The lowest BCUT2D eigenvalue weighted by Crippen LogP contribution is -2.71. The molecular formula is C25H20BrF6N3O3. The minimum atomic E-state index is -5.24. The number of nitrogens with one attached hydrogen (secondary N) is 1. The number of alkyl halides is 5. The Morgan fingerprint density at radius 2 is 1.74 bits per heavy atom. The third-order valence-corrected chi connectivity index (χ3v) is 7.96. The molecule has 5 rings (SSSR count). The number of amides is 4. The molecule has 4 amide bonds. The van der Waals surface area contributed by atoms with E-state index in [1.807, 2.05) is 0 Å². The highest BCUT2D eigenvalue weighted by molar-refractivity contribution is 9.10. The van der Waals surface area contributed by atoms with Crippen LogP contribution in [0.25, 0.3) is 0 Å². The van der Waals surface area contributed by atoms with Crippen LogP contribution in [0.4, 0.5) is 31.1 Å². The van der Waals surface area contributed by atoms with Crippen LogP contribution < -0.4 is 5.32 Å². The first kappa shape index (κ1) is 26.5. The molecule has 13 heteroatoms. The minimum Gasteiger partial charge on any atom is -0.322 e. The molecule has 2 aromatic rings. The van der Waals surface area contributed by atoms with Gasteiger partial charge in [0.05, 0.1) is 0 Å². The van der Waals surface area contributed by atoms with E-state index in [1.54, 1.807) is 18.2 Å². The molecule has 202 valence electrons. The summed E-state index contributed by atoms with van der Waals surface area (Å²) in [4.78, 5) is 40.4. The van der Waals surface area contributed by atoms with Crippen LogP contribution in [0.3, 0.4) is 0 Å². The maximum atomic E-state index is 14.2. The molecule has 3 aliphatic rings. The lowest BCUT2D eigenvalue weighted by atomic mass is 9.71. The Morgan fingerprint density at radius 3 is 2.34 bits per heavy atom. The molecule has 1 aliphatic heterocycles. The molecular weight excluding hydrogens is 584 g/mol. The van der Waals surface area contributed by atoms with Gasteiger partial charge < -0.3 is 10.2 Å². The molecule has 1 saturated heterocycles. The first-order valence-electron chi connectivity index (χ1n) is 11.6. The minimum absolute atomic E-state index is 0.0579. The molecule has 1 atom stereocenters. The number of aryl methyl sites for hydroxylation is 1. The van der Waals surface area contributed by atoms with Crippen molar-refractivity contribution in [1.82, 2.24) is 15.1 Å². The van der Waals surface area contributed by atoms with Crippen molar-refractivity contribution in [3.8, 4) is 0 Å². The van der Waals surface area contributed by atoms with Crippen LogP contribution in [0.5, 0.6) is 0 Å². The first-order chi connectivity index (χ1) is 17.7. The lowest BCUT2D eigenvalue weighted by Gasteiger charge is -2.54. The zero-order chi connectivity index (χ0) is 27.7. The van der Waals surface area contributed by atoms with Crippen molar-refractivity contribution in [2.24, 2.45) is 0 Å². The fraction of sp³-hybridized carbons (Fsp3) is 0.400. The van der Waals surface area contributed by atoms with Gasteiger partial charge >= 0.3 is 12.2 Å². The van der Waals surface area contributed by atoms with Gasteiger partial charge in [-0.2, -0.15) is 13.2 Å². The summed E-state index contributed by atoms with van der Waals surface area (Å²) in [6, 6.07) is 8.32. The lowest BCUT2D eigenvalue weighted by molar-refractivity contribution is -0.307. The second-order valence-electron chi connectivity index (χ2n) is 9.87. The first-order valence-corrected chi connectivity index (χ1v) is 12.4. The number of nitrogens with zero attached hydrogens (tertiary/aromatic N) is 2. The van der Waals surface area contributed by atoms with Crippen LogP contribution in [0.15, 0.2) is 46.9 Å². The molecule has 0 bridgehead atoms. The Bertz CT molecular complexity index is 1320. The van der Waals surface area contributed by atoms with E-state index in [0.717, 1.165) is 34.3 Å². The number of imide groups is 1. The van der Waals surface area contributed by atoms with E-state index in [1.165, 1.54) is 0 Å². The molecule has 2 aromatic carbocycles. The fourth-order valence-corrected chi connectivity index (χ4v) is 5.99. The largest absolute Gasteiger partial charge is 0.412 e. The van der Waals surface area contributed by atoms with Gasteiger partial charge in [0.2, 0.25) is 5.91 Å². The topological polar surface area (TPSA) is 69.7 Å². The van der Waals surface area contributed by atoms with E-state index in [0.29, 0.717) is 16.9 Å². The summed E-state index contributed by atoms with van der Waals surface area (Å²) in [7, 11) is 0. The van der Waals surface area contributed by atoms with Gasteiger partial charge in [0.25, 0.3) is 11.8 Å². The predicted molar refractivity (Wildman–Crippen MR) is 124 cm³/mol. The Labute approximate surface area is 221 Å². The monoisotopic (exact) mass is 603 g/mol. The van der Waals surface area contributed by atoms with Gasteiger partial charge in [-0.05, 0) is 53.8 Å². The number of carbonyl (C=O) groups excluding carboxylic acids is 3. The fourth-order valence-electron chi connectivity index (χ4n) is 5.58. The van der Waals surface area contributed by atoms with Crippen LogP contribution in [-0.4, -0.2) is 51.8 Å². The maximum Gasteiger partial charge on any atom is 0.412 e. The van der Waals surface area contributed by atoms with Crippen LogP contribution in [-0.2, 0) is 28.1 Å². The summed E-state index contributed by atoms with van der Waals surface area (Å²) in [5.41, 5.74) is -3.33. The van der Waals surface area contributed by atoms with Crippen LogP contribution in [0.1, 0.15) is 36.0 Å². The molecule has 38 heavy (non-hydrogen) atoms. The Hall–Kier alpha value is -3.09. The Morgan fingerprint density at radius 1 is 1.08 bits per heavy atom. The summed E-state index contributed by atoms with van der Waals surface area (Å²) in [6.45, 7) is -1.86. The normalized spacial score (nSPS) is 23.3. The summed E-state index contributed by atoms with van der Waals surface area (Å²) >= 11 is 3.34.